The zero-order valence-electron chi connectivity index (χ0n) is 11.8. The van der Waals surface area contributed by atoms with Gasteiger partial charge in [0, 0.05) is 18.6 Å². The maximum absolute atomic E-state index is 5.60. The van der Waals surface area contributed by atoms with Crippen LogP contribution in [0.4, 0.5) is 0 Å². The highest BCUT2D eigenvalue weighted by Crippen LogP contribution is 2.23. The van der Waals surface area contributed by atoms with Gasteiger partial charge in [-0.2, -0.15) is 4.98 Å². The molecule has 0 saturated carbocycles. The summed E-state index contributed by atoms with van der Waals surface area (Å²) in [5.41, 5.74) is 2.82. The monoisotopic (exact) mass is 284 g/mol. The van der Waals surface area contributed by atoms with E-state index in [0.29, 0.717) is 11.7 Å². The number of nitrogens with one attached hydrogen (secondary N) is 1. The van der Waals surface area contributed by atoms with Crippen molar-refractivity contribution < 1.29 is 9.26 Å². The van der Waals surface area contributed by atoms with Crippen molar-refractivity contribution in [3.05, 3.63) is 29.8 Å². The van der Waals surface area contributed by atoms with E-state index in [2.05, 4.69) is 20.1 Å². The lowest BCUT2D eigenvalue weighted by atomic mass is 10.2. The number of imidazole rings is 1. The molecule has 6 nitrogen and oxygen atoms in total. The molecule has 0 aliphatic carbocycles. The van der Waals surface area contributed by atoms with Crippen molar-refractivity contribution in [1.82, 2.24) is 20.1 Å². The molecule has 1 fully saturated rings. The van der Waals surface area contributed by atoms with Gasteiger partial charge in [0.05, 0.1) is 17.1 Å². The van der Waals surface area contributed by atoms with E-state index in [9.17, 15) is 0 Å². The van der Waals surface area contributed by atoms with Crippen LogP contribution in [-0.2, 0) is 11.2 Å². The molecule has 1 aromatic carbocycles. The number of hydrogen-bond donors (Lipinski definition) is 1. The minimum Gasteiger partial charge on any atom is -0.378 e. The zero-order chi connectivity index (χ0) is 14.2. The summed E-state index contributed by atoms with van der Waals surface area (Å²) in [6.07, 6.45) is 3.14. The number of hydrogen-bond acceptors (Lipinski definition) is 5. The Hall–Kier alpha value is -2.21. The van der Waals surface area contributed by atoms with Gasteiger partial charge in [-0.25, -0.2) is 4.98 Å². The first-order chi connectivity index (χ1) is 10.3. The van der Waals surface area contributed by atoms with Crippen LogP contribution in [0.25, 0.3) is 22.5 Å². The highest BCUT2D eigenvalue weighted by Gasteiger charge is 2.19. The molecule has 21 heavy (non-hydrogen) atoms. The maximum atomic E-state index is 5.60. The average molecular weight is 284 g/mol. The molecule has 0 radical (unpaired) electrons. The third kappa shape index (κ3) is 2.42. The van der Waals surface area contributed by atoms with Crippen molar-refractivity contribution in [3.8, 4) is 11.5 Å². The van der Waals surface area contributed by atoms with Crippen LogP contribution in [0, 0.1) is 6.92 Å². The van der Waals surface area contributed by atoms with Crippen LogP contribution in [0.3, 0.4) is 0 Å². The second kappa shape index (κ2) is 4.96. The normalized spacial score (nSPS) is 18.6. The van der Waals surface area contributed by atoms with Crippen molar-refractivity contribution in [1.29, 1.82) is 0 Å². The first-order valence-electron chi connectivity index (χ1n) is 7.19. The summed E-state index contributed by atoms with van der Waals surface area (Å²) >= 11 is 0. The van der Waals surface area contributed by atoms with E-state index in [0.717, 1.165) is 48.3 Å². The predicted molar refractivity (Wildman–Crippen MR) is 76.8 cm³/mol. The number of nitrogens with zero attached hydrogens (tertiary/aromatic N) is 3. The Balaban J connectivity index is 1.60. The standard InChI is InChI=1S/C15H16N4O2/c1-9-16-12-5-4-10(7-13(12)17-9)15-18-14(19-21-15)8-11-3-2-6-20-11/h4-5,7,11H,2-3,6,8H2,1H3,(H,16,17)/t11-/m1/s1. The summed E-state index contributed by atoms with van der Waals surface area (Å²) in [7, 11) is 0. The molecule has 1 aliphatic rings. The predicted octanol–water partition coefficient (Wildman–Crippen LogP) is 2.64. The van der Waals surface area contributed by atoms with Gasteiger partial charge in [-0.05, 0) is 38.0 Å². The number of aromatic nitrogens is 4. The fraction of sp³-hybridized carbons (Fsp3) is 0.400. The van der Waals surface area contributed by atoms with E-state index in [1.165, 1.54) is 0 Å². The molecule has 6 heteroatoms. The summed E-state index contributed by atoms with van der Waals surface area (Å²) in [5, 5.41) is 4.05. The second-order valence-electron chi connectivity index (χ2n) is 5.41. The summed E-state index contributed by atoms with van der Waals surface area (Å²) in [4.78, 5) is 12.1. The van der Waals surface area contributed by atoms with Crippen LogP contribution >= 0.6 is 0 Å². The van der Waals surface area contributed by atoms with E-state index in [4.69, 9.17) is 9.26 Å². The molecule has 1 aliphatic heterocycles. The SMILES string of the molecule is Cc1nc2ccc(-c3nc(C[C@H]4CCCO4)no3)cc2[nH]1. The fourth-order valence-corrected chi connectivity index (χ4v) is 2.73. The molecular formula is C15H16N4O2. The molecule has 0 spiro atoms. The second-order valence-corrected chi connectivity index (χ2v) is 5.41. The van der Waals surface area contributed by atoms with Crippen LogP contribution in [0.15, 0.2) is 22.7 Å². The number of aryl methyl sites for hydroxylation is 1. The molecule has 3 aromatic rings. The Kier molecular flexibility index (Phi) is 2.96. The molecule has 2 aromatic heterocycles. The minimum absolute atomic E-state index is 0.230. The molecule has 3 heterocycles. The Morgan fingerprint density at radius 1 is 1.33 bits per heavy atom. The number of benzene rings is 1. The van der Waals surface area contributed by atoms with Crippen LogP contribution in [0.1, 0.15) is 24.5 Å². The van der Waals surface area contributed by atoms with Crippen molar-refractivity contribution >= 4 is 11.0 Å². The van der Waals surface area contributed by atoms with Gasteiger partial charge in [0.1, 0.15) is 5.82 Å². The molecule has 108 valence electrons. The Bertz CT molecular complexity index is 771. The summed E-state index contributed by atoms with van der Waals surface area (Å²) < 4.78 is 11.0. The van der Waals surface area contributed by atoms with Crippen molar-refractivity contribution in [3.63, 3.8) is 0 Å². The first-order valence-corrected chi connectivity index (χ1v) is 7.19. The van der Waals surface area contributed by atoms with Gasteiger partial charge in [0.2, 0.25) is 0 Å². The van der Waals surface area contributed by atoms with Gasteiger partial charge in [-0.3, -0.25) is 0 Å². The van der Waals surface area contributed by atoms with Gasteiger partial charge < -0.3 is 14.2 Å². The van der Waals surface area contributed by atoms with Crippen LogP contribution in [0.2, 0.25) is 0 Å². The largest absolute Gasteiger partial charge is 0.378 e. The molecule has 0 amide bonds. The van der Waals surface area contributed by atoms with Gasteiger partial charge in [-0.1, -0.05) is 5.16 Å². The lowest BCUT2D eigenvalue weighted by molar-refractivity contribution is 0.109. The fourth-order valence-electron chi connectivity index (χ4n) is 2.73. The highest BCUT2D eigenvalue weighted by molar-refractivity contribution is 5.80. The Labute approximate surface area is 121 Å². The summed E-state index contributed by atoms with van der Waals surface area (Å²) in [6.45, 7) is 2.78. The van der Waals surface area contributed by atoms with E-state index < -0.39 is 0 Å². The number of ether oxygens (including phenoxy) is 1. The minimum atomic E-state index is 0.230. The quantitative estimate of drug-likeness (QED) is 0.800. The van der Waals surface area contributed by atoms with E-state index in [1.807, 2.05) is 25.1 Å². The van der Waals surface area contributed by atoms with Crippen LogP contribution < -0.4 is 0 Å². The van der Waals surface area contributed by atoms with Gasteiger partial charge in [0.15, 0.2) is 5.82 Å². The van der Waals surface area contributed by atoms with Crippen LogP contribution in [0.5, 0.6) is 0 Å². The van der Waals surface area contributed by atoms with Gasteiger partial charge in [-0.15, -0.1) is 0 Å². The summed E-state index contributed by atoms with van der Waals surface area (Å²) in [6, 6.07) is 5.89. The van der Waals surface area contributed by atoms with Crippen molar-refractivity contribution in [2.24, 2.45) is 0 Å². The van der Waals surface area contributed by atoms with Crippen molar-refractivity contribution in [2.45, 2.75) is 32.3 Å². The van der Waals surface area contributed by atoms with E-state index in [1.54, 1.807) is 0 Å². The Morgan fingerprint density at radius 2 is 2.29 bits per heavy atom. The van der Waals surface area contributed by atoms with Crippen molar-refractivity contribution in [2.75, 3.05) is 6.61 Å². The molecule has 1 atom stereocenters. The molecule has 0 bridgehead atoms. The maximum Gasteiger partial charge on any atom is 0.257 e. The van der Waals surface area contributed by atoms with Gasteiger partial charge >= 0.3 is 0 Å². The number of H-pyrrole nitrogens is 1. The van der Waals surface area contributed by atoms with E-state index >= 15 is 0 Å². The number of rotatable bonds is 3. The molecule has 1 saturated heterocycles. The smallest absolute Gasteiger partial charge is 0.257 e. The lowest BCUT2D eigenvalue weighted by Gasteiger charge is -2.03. The first kappa shape index (κ1) is 12.5. The molecule has 4 rings (SSSR count). The Morgan fingerprint density at radius 3 is 3.14 bits per heavy atom. The number of aromatic amines is 1. The lowest BCUT2D eigenvalue weighted by Crippen LogP contribution is -2.09. The molecule has 0 unspecified atom stereocenters. The highest BCUT2D eigenvalue weighted by atomic mass is 16.5. The zero-order valence-corrected chi connectivity index (χ0v) is 11.8. The van der Waals surface area contributed by atoms with E-state index in [-0.39, 0.29) is 6.10 Å². The average Bonchev–Trinajstić information content (AvgIpc) is 3.18. The number of fused-ring (bicyclic) bond motifs is 1. The topological polar surface area (TPSA) is 76.8 Å². The van der Waals surface area contributed by atoms with Crippen LogP contribution in [-0.4, -0.2) is 32.8 Å². The molecular weight excluding hydrogens is 268 g/mol. The summed E-state index contributed by atoms with van der Waals surface area (Å²) in [5.74, 6) is 2.14. The molecule has 1 N–H and O–H groups in total. The third-order valence-electron chi connectivity index (χ3n) is 3.75. The third-order valence-corrected chi connectivity index (χ3v) is 3.75. The van der Waals surface area contributed by atoms with Gasteiger partial charge in [0.25, 0.3) is 5.89 Å².